The van der Waals surface area contributed by atoms with Gasteiger partial charge in [-0.25, -0.2) is 17.8 Å². The number of nitrogens with one attached hydrogen (secondary N) is 1. The molecule has 2 saturated heterocycles. The molecule has 2 aliphatic heterocycles. The van der Waals surface area contributed by atoms with Crippen LogP contribution in [0.1, 0.15) is 37.7 Å². The third-order valence-electron chi connectivity index (χ3n) is 8.09. The van der Waals surface area contributed by atoms with Crippen LogP contribution in [0.15, 0.2) is 59.5 Å². The Hall–Kier alpha value is -2.59. The number of alkyl carbamates (subject to hydrolysis) is 1. The number of fused-ring (bicyclic) bond motifs is 1. The Balaban J connectivity index is 1.44. The maximum Gasteiger partial charge on any atom is 0.469 e. The summed E-state index contributed by atoms with van der Waals surface area (Å²) in [5.74, 6) is 0.295. The molecule has 3 aliphatic rings. The number of phosphoric ester groups is 1. The van der Waals surface area contributed by atoms with Gasteiger partial charge in [0.15, 0.2) is 6.29 Å². The lowest BCUT2D eigenvalue weighted by atomic mass is 10.0. The molecule has 3 fully saturated rings. The van der Waals surface area contributed by atoms with Gasteiger partial charge in [0.05, 0.1) is 49.8 Å². The molecule has 0 radical (unpaired) electrons. The van der Waals surface area contributed by atoms with Crippen LogP contribution in [0.2, 0.25) is 0 Å². The van der Waals surface area contributed by atoms with Gasteiger partial charge in [0.25, 0.3) is 10.0 Å². The van der Waals surface area contributed by atoms with Crippen LogP contribution in [-0.2, 0) is 44.6 Å². The summed E-state index contributed by atoms with van der Waals surface area (Å²) >= 11 is 0. The molecule has 3 N–H and O–H groups in total. The summed E-state index contributed by atoms with van der Waals surface area (Å²) in [6, 6.07) is 13.3. The van der Waals surface area contributed by atoms with Crippen molar-refractivity contribution in [3.63, 3.8) is 0 Å². The quantitative estimate of drug-likeness (QED) is 0.198. The van der Waals surface area contributed by atoms with Crippen LogP contribution >= 0.6 is 7.82 Å². The molecule has 1 amide bonds. The first-order valence-electron chi connectivity index (χ1n) is 14.8. The summed E-state index contributed by atoms with van der Waals surface area (Å²) in [7, 11) is -8.14. The summed E-state index contributed by atoms with van der Waals surface area (Å²) in [6.07, 6.45) is -0.384. The van der Waals surface area contributed by atoms with E-state index in [1.165, 1.54) is 31.4 Å². The topological polar surface area (TPSA) is 179 Å². The number of hydrogen-bond donors (Lipinski definition) is 3. The molecular formula is C29H39N2O12PS. The van der Waals surface area contributed by atoms with Crippen molar-refractivity contribution in [1.82, 2.24) is 9.79 Å². The molecule has 2 aromatic rings. The molecule has 5 atom stereocenters. The highest BCUT2D eigenvalue weighted by Crippen LogP contribution is 2.40. The van der Waals surface area contributed by atoms with Gasteiger partial charge in [0.2, 0.25) is 0 Å². The maximum atomic E-state index is 13.9. The van der Waals surface area contributed by atoms with Crippen molar-refractivity contribution in [3.05, 3.63) is 60.2 Å². The van der Waals surface area contributed by atoms with Crippen molar-refractivity contribution in [2.45, 2.75) is 74.1 Å². The Morgan fingerprint density at radius 3 is 2.44 bits per heavy atom. The smallest absolute Gasteiger partial charge is 0.469 e. The Bertz CT molecular complexity index is 1420. The average Bonchev–Trinajstić information content (AvgIpc) is 3.77. The second-order valence-corrected chi connectivity index (χ2v) is 14.2. The number of phosphoric acid groups is 1. The predicted octanol–water partition coefficient (Wildman–Crippen LogP) is 3.14. The molecule has 248 valence electrons. The highest BCUT2D eigenvalue weighted by molar-refractivity contribution is 7.89. The van der Waals surface area contributed by atoms with Gasteiger partial charge in [0, 0.05) is 0 Å². The van der Waals surface area contributed by atoms with E-state index in [0.29, 0.717) is 41.7 Å². The number of hydrogen-bond acceptors (Lipinski definition) is 10. The fourth-order valence-corrected chi connectivity index (χ4v) is 7.65. The van der Waals surface area contributed by atoms with Crippen LogP contribution < -0.4 is 10.1 Å². The van der Waals surface area contributed by atoms with E-state index in [9.17, 15) is 27.6 Å². The SMILES string of the molecule is COc1ccc(S(=O)(=O)N(C[C@@H](OP(=O)(O)O)[C@H](Cc2ccccc2)NC(=O)O[C@H]2CO[C@H]3OCC[C@H]32)OC2CCCC2)cc1. The summed E-state index contributed by atoms with van der Waals surface area (Å²) in [6.45, 7) is -0.0401. The van der Waals surface area contributed by atoms with Gasteiger partial charge < -0.3 is 34.1 Å². The van der Waals surface area contributed by atoms with Crippen molar-refractivity contribution in [2.75, 3.05) is 26.9 Å². The Kier molecular flexibility index (Phi) is 11.2. The zero-order valence-corrected chi connectivity index (χ0v) is 26.5. The van der Waals surface area contributed by atoms with Gasteiger partial charge >= 0.3 is 13.9 Å². The monoisotopic (exact) mass is 670 g/mol. The zero-order chi connectivity index (χ0) is 32.0. The van der Waals surface area contributed by atoms with Crippen molar-refractivity contribution in [2.24, 2.45) is 5.92 Å². The Morgan fingerprint density at radius 2 is 1.78 bits per heavy atom. The Labute approximate surface area is 262 Å². The first-order chi connectivity index (χ1) is 21.5. The third-order valence-corrected chi connectivity index (χ3v) is 10.3. The van der Waals surface area contributed by atoms with Crippen molar-refractivity contribution < 1.29 is 55.9 Å². The predicted molar refractivity (Wildman–Crippen MR) is 158 cm³/mol. The highest BCUT2D eigenvalue weighted by atomic mass is 32.2. The molecule has 0 bridgehead atoms. The normalized spacial score (nSPS) is 23.5. The van der Waals surface area contributed by atoms with E-state index in [-0.39, 0.29) is 23.8 Å². The van der Waals surface area contributed by atoms with Crippen LogP contribution in [0, 0.1) is 5.92 Å². The lowest BCUT2D eigenvalue weighted by molar-refractivity contribution is -0.144. The van der Waals surface area contributed by atoms with Gasteiger partial charge in [-0.2, -0.15) is 0 Å². The molecule has 1 aliphatic carbocycles. The minimum atomic E-state index is -5.22. The van der Waals surface area contributed by atoms with Gasteiger partial charge in [-0.3, -0.25) is 9.36 Å². The summed E-state index contributed by atoms with van der Waals surface area (Å²) in [5.41, 5.74) is 0.692. The number of ether oxygens (including phenoxy) is 4. The number of nitrogens with zero attached hydrogens (tertiary/aromatic N) is 1. The van der Waals surface area contributed by atoms with Crippen LogP contribution in [0.4, 0.5) is 4.79 Å². The minimum Gasteiger partial charge on any atom is -0.497 e. The maximum absolute atomic E-state index is 13.9. The zero-order valence-electron chi connectivity index (χ0n) is 24.8. The summed E-state index contributed by atoms with van der Waals surface area (Å²) in [4.78, 5) is 39.0. The van der Waals surface area contributed by atoms with E-state index >= 15 is 0 Å². The van der Waals surface area contributed by atoms with Crippen molar-refractivity contribution in [1.29, 1.82) is 0 Å². The van der Waals surface area contributed by atoms with Crippen LogP contribution in [0.25, 0.3) is 0 Å². The second-order valence-electron chi connectivity index (χ2n) is 11.2. The molecule has 16 heteroatoms. The third kappa shape index (κ3) is 9.03. The molecular weight excluding hydrogens is 631 g/mol. The van der Waals surface area contributed by atoms with E-state index in [4.69, 9.17) is 28.3 Å². The highest BCUT2D eigenvalue weighted by Gasteiger charge is 2.45. The number of carbonyl (C=O) groups is 1. The molecule has 45 heavy (non-hydrogen) atoms. The first kappa shape index (κ1) is 33.8. The summed E-state index contributed by atoms with van der Waals surface area (Å²) < 4.78 is 68.0. The number of amides is 1. The summed E-state index contributed by atoms with van der Waals surface area (Å²) in [5, 5.41) is 2.68. The second kappa shape index (κ2) is 14.9. The van der Waals surface area contributed by atoms with E-state index in [1.807, 2.05) is 0 Å². The number of benzene rings is 2. The van der Waals surface area contributed by atoms with Crippen molar-refractivity contribution >= 4 is 23.9 Å². The lowest BCUT2D eigenvalue weighted by Gasteiger charge is -2.33. The van der Waals surface area contributed by atoms with Crippen LogP contribution in [-0.4, -0.2) is 86.3 Å². The molecule has 2 aromatic carbocycles. The average molecular weight is 671 g/mol. The van der Waals surface area contributed by atoms with E-state index in [1.54, 1.807) is 30.3 Å². The fourth-order valence-electron chi connectivity index (χ4n) is 5.79. The Morgan fingerprint density at radius 1 is 1.07 bits per heavy atom. The number of rotatable bonds is 14. The van der Waals surface area contributed by atoms with E-state index in [0.717, 1.165) is 12.8 Å². The molecule has 0 unspecified atom stereocenters. The van der Waals surface area contributed by atoms with Gasteiger partial charge in [-0.05, 0) is 55.5 Å². The van der Waals surface area contributed by atoms with Crippen LogP contribution in [0.3, 0.4) is 0 Å². The van der Waals surface area contributed by atoms with E-state index < -0.39 is 61.1 Å². The number of methoxy groups -OCH3 is 1. The largest absolute Gasteiger partial charge is 0.497 e. The standard InChI is InChI=1S/C29H39N2O12PS/c1-38-21-11-13-23(14-12-21)45(36,37)31(42-22-9-5-6-10-22)18-26(43-44(33,34)35)25(17-20-7-3-2-4-8-20)30-29(32)41-27-19-40-28-24(27)15-16-39-28/h2-4,7-8,11-14,22,24-28H,5-6,9-10,15-19H2,1H3,(H,30,32)(H2,33,34,35)/t24-,25-,26+,27-,28+/m0/s1. The van der Waals surface area contributed by atoms with E-state index in [2.05, 4.69) is 5.32 Å². The molecule has 0 aromatic heterocycles. The minimum absolute atomic E-state index is 0.0246. The molecule has 0 spiro atoms. The molecule has 14 nitrogen and oxygen atoms in total. The number of carbonyl (C=O) groups excluding carboxylic acids is 1. The molecule has 1 saturated carbocycles. The van der Waals surface area contributed by atoms with Gasteiger partial charge in [0.1, 0.15) is 18.0 Å². The fraction of sp³-hybridized carbons (Fsp3) is 0.552. The lowest BCUT2D eigenvalue weighted by Crippen LogP contribution is -2.52. The van der Waals surface area contributed by atoms with Gasteiger partial charge in [-0.15, -0.1) is 0 Å². The number of sulfonamides is 1. The first-order valence-corrected chi connectivity index (χ1v) is 17.8. The van der Waals surface area contributed by atoms with Crippen LogP contribution in [0.5, 0.6) is 5.75 Å². The number of hydroxylamine groups is 1. The molecule has 2 heterocycles. The van der Waals surface area contributed by atoms with Gasteiger partial charge in [-0.1, -0.05) is 47.6 Å². The molecule has 5 rings (SSSR count). The van der Waals surface area contributed by atoms with Crippen molar-refractivity contribution in [3.8, 4) is 5.75 Å².